The number of nitrogens with zero attached hydrogens (tertiary/aromatic N) is 1. The van der Waals surface area contributed by atoms with Crippen molar-refractivity contribution in [1.29, 1.82) is 0 Å². The number of nitrogens with one attached hydrogen (secondary N) is 6. The highest BCUT2D eigenvalue weighted by molar-refractivity contribution is 8.76. The van der Waals surface area contributed by atoms with Gasteiger partial charge in [-0.05, 0) is 17.7 Å². The number of benzene rings is 1. The minimum Gasteiger partial charge on any atom is -0.506 e. The summed E-state index contributed by atoms with van der Waals surface area (Å²) in [5, 5.41) is 43.3. The zero-order valence-corrected chi connectivity index (χ0v) is 32.3. The average molecular weight is 856 g/mol. The lowest BCUT2D eigenvalue weighted by Gasteiger charge is -2.27. The Kier molecular flexibility index (Phi) is 17.3. The van der Waals surface area contributed by atoms with Gasteiger partial charge in [-0.25, -0.2) is 0 Å². The van der Waals surface area contributed by atoms with Gasteiger partial charge in [0.25, 0.3) is 0 Å². The van der Waals surface area contributed by atoms with Crippen molar-refractivity contribution in [2.45, 2.75) is 68.0 Å². The summed E-state index contributed by atoms with van der Waals surface area (Å²) in [6, 6.07) is -5.06. The molecule has 3 rings (SSSR count). The molecule has 1 aromatic rings. The van der Waals surface area contributed by atoms with Crippen molar-refractivity contribution in [1.82, 2.24) is 36.8 Å². The fraction of sp³-hybridized carbons (Fsp3) is 0.500. The summed E-state index contributed by atoms with van der Waals surface area (Å²) in [5.41, 5.74) is 22.7. The number of phenols is 1. The topological polar surface area (TPSA) is 411 Å². The van der Waals surface area contributed by atoms with Crippen LogP contribution < -0.4 is 54.8 Å². The van der Waals surface area contributed by atoms with E-state index in [1.54, 1.807) is 0 Å². The number of nitrogens with two attached hydrogens (primary N) is 4. The van der Waals surface area contributed by atoms with E-state index >= 15 is 0 Å². The third-order valence-corrected chi connectivity index (χ3v) is 11.0. The summed E-state index contributed by atoms with van der Waals surface area (Å²) in [7, 11) is 1.86. The fourth-order valence-electron chi connectivity index (χ4n) is 5.56. The van der Waals surface area contributed by atoms with E-state index < -0.39 is 127 Å². The Bertz CT molecular complexity index is 1790. The van der Waals surface area contributed by atoms with Crippen molar-refractivity contribution >= 4 is 86.4 Å². The van der Waals surface area contributed by atoms with Crippen LogP contribution in [-0.2, 0) is 54.4 Å². The first kappa shape index (κ1) is 46.5. The van der Waals surface area contributed by atoms with Crippen LogP contribution in [0.2, 0.25) is 0 Å². The molecule has 0 bridgehead atoms. The van der Waals surface area contributed by atoms with Gasteiger partial charge in [0.15, 0.2) is 0 Å². The average Bonchev–Trinajstić information content (AvgIpc) is 3.55. The van der Waals surface area contributed by atoms with Gasteiger partial charge in [0.05, 0.1) is 43.8 Å². The number of carboxylic acid groups (broad SMARTS) is 1. The molecule has 9 amide bonds. The number of aromatic hydroxyl groups is 1. The second-order valence-corrected chi connectivity index (χ2v) is 15.7. The molecular formula is C32H45N11O13S2. The van der Waals surface area contributed by atoms with Crippen LogP contribution >= 0.6 is 21.6 Å². The van der Waals surface area contributed by atoms with Crippen molar-refractivity contribution in [3.05, 3.63) is 23.8 Å². The van der Waals surface area contributed by atoms with Crippen molar-refractivity contribution in [2.75, 3.05) is 36.9 Å². The molecule has 0 aliphatic carbocycles. The molecule has 0 aromatic heterocycles. The van der Waals surface area contributed by atoms with Crippen molar-refractivity contribution < 1.29 is 63.3 Å². The first-order valence-electron chi connectivity index (χ1n) is 17.4. The number of carbonyl (C=O) groups is 10. The van der Waals surface area contributed by atoms with Crippen LogP contribution in [-0.4, -0.2) is 153 Å². The van der Waals surface area contributed by atoms with E-state index in [1.807, 2.05) is 0 Å². The van der Waals surface area contributed by atoms with Crippen LogP contribution in [0, 0.1) is 0 Å². The second-order valence-electron chi connectivity index (χ2n) is 13.1. The van der Waals surface area contributed by atoms with Crippen LogP contribution in [0.5, 0.6) is 5.75 Å². The molecular weight excluding hydrogens is 811 g/mol. The summed E-state index contributed by atoms with van der Waals surface area (Å²) in [5.74, 6) is -11.1. The van der Waals surface area contributed by atoms with Gasteiger partial charge in [-0.2, -0.15) is 0 Å². The molecule has 0 spiro atoms. The van der Waals surface area contributed by atoms with E-state index in [4.69, 9.17) is 22.9 Å². The highest BCUT2D eigenvalue weighted by Gasteiger charge is 2.41. The van der Waals surface area contributed by atoms with Gasteiger partial charge in [0.2, 0.25) is 53.2 Å². The molecule has 0 unspecified atom stereocenters. The third kappa shape index (κ3) is 14.3. The smallest absolute Gasteiger partial charge is 0.305 e. The third-order valence-electron chi connectivity index (χ3n) is 8.53. The summed E-state index contributed by atoms with van der Waals surface area (Å²) in [6.07, 6.45) is -3.48. The van der Waals surface area contributed by atoms with Gasteiger partial charge in [0.1, 0.15) is 36.0 Å². The maximum absolute atomic E-state index is 13.5. The Morgan fingerprint density at radius 1 is 0.793 bits per heavy atom. The van der Waals surface area contributed by atoms with E-state index in [0.29, 0.717) is 5.56 Å². The Morgan fingerprint density at radius 3 is 2.05 bits per heavy atom. The summed E-state index contributed by atoms with van der Waals surface area (Å²) in [6.45, 7) is -1.98. The first-order chi connectivity index (χ1) is 27.2. The molecule has 0 saturated carbocycles. The van der Waals surface area contributed by atoms with Crippen LogP contribution in [0.25, 0.3) is 0 Å². The number of aliphatic hydroxyl groups is 1. The lowest BCUT2D eigenvalue weighted by molar-refractivity contribution is -0.141. The number of hydrogen-bond acceptors (Lipinski definition) is 16. The minimum atomic E-state index is -1.71. The monoisotopic (exact) mass is 855 g/mol. The number of fused-ring (bicyclic) bond motifs is 1. The molecule has 17 N–H and O–H groups in total. The number of carbonyl (C=O) groups excluding carboxylic acids is 9. The fourth-order valence-corrected chi connectivity index (χ4v) is 7.86. The summed E-state index contributed by atoms with van der Waals surface area (Å²) >= 11 is 0. The van der Waals surface area contributed by atoms with Gasteiger partial charge in [-0.3, -0.25) is 47.9 Å². The number of rotatable bonds is 7. The zero-order chi connectivity index (χ0) is 43.3. The number of aliphatic hydroxyl groups excluding tert-OH is 1. The maximum atomic E-state index is 13.5. The molecule has 1 aromatic carbocycles. The quantitative estimate of drug-likeness (QED) is 0.0688. The minimum absolute atomic E-state index is 0.0636. The molecule has 2 aliphatic heterocycles. The molecule has 58 heavy (non-hydrogen) atoms. The van der Waals surface area contributed by atoms with Crippen molar-refractivity contribution in [2.24, 2.45) is 17.2 Å². The summed E-state index contributed by atoms with van der Waals surface area (Å²) in [4.78, 5) is 129. The highest BCUT2D eigenvalue weighted by Crippen LogP contribution is 2.24. The predicted octanol–water partition coefficient (Wildman–Crippen LogP) is -6.79. The first-order valence-corrected chi connectivity index (χ1v) is 19.8. The number of phenolic OH excluding ortho intramolecular Hbond substituents is 1. The van der Waals surface area contributed by atoms with E-state index in [-0.39, 0.29) is 42.3 Å². The Morgan fingerprint density at radius 2 is 1.41 bits per heavy atom. The van der Waals surface area contributed by atoms with E-state index in [2.05, 4.69) is 31.9 Å². The molecule has 2 saturated heterocycles. The van der Waals surface area contributed by atoms with Gasteiger partial charge in [-0.1, -0.05) is 27.7 Å². The standard InChI is InChI=1S/C32H45N11O13S2/c33-15-3-13(1-2-22(15)45)4-17-29(53)38-9-25(48)43-10-14(44)5-21(43)32(56)41-18(6-23(35)46)31(55)42-20(27(36)51)12-58-57-11-16(34)28(52)40-19(7-26(49)50)30(54)37-8-24(47)39-17/h1-3,14,16-21,44-45H,4-12,33-34H2,(H2,35,46)(H2,36,51)(H,37,54)(H,38,53)(H,39,47)(H,40,52)(H,41,56)(H,42,55)(H,49,50)/t14-,16-,17+,18+,19-,20-,21+/m1/s1. The Hall–Kier alpha value is -5.86. The number of aliphatic carboxylic acids is 1. The molecule has 2 aliphatic rings. The molecule has 7 atom stereocenters. The van der Waals surface area contributed by atoms with Crippen LogP contribution in [0.1, 0.15) is 24.8 Å². The van der Waals surface area contributed by atoms with Crippen LogP contribution in [0.3, 0.4) is 0 Å². The Balaban J connectivity index is 1.93. The molecule has 0 radical (unpaired) electrons. The highest BCUT2D eigenvalue weighted by atomic mass is 33.1. The largest absolute Gasteiger partial charge is 0.506 e. The van der Waals surface area contributed by atoms with Crippen molar-refractivity contribution in [3.8, 4) is 5.75 Å². The van der Waals surface area contributed by atoms with E-state index in [0.717, 1.165) is 26.5 Å². The van der Waals surface area contributed by atoms with E-state index in [9.17, 15) is 63.3 Å². The maximum Gasteiger partial charge on any atom is 0.305 e. The molecule has 24 nitrogen and oxygen atoms in total. The molecule has 26 heteroatoms. The lowest BCUT2D eigenvalue weighted by atomic mass is 10.0. The number of hydrogen-bond donors (Lipinski definition) is 13. The number of amides is 9. The van der Waals surface area contributed by atoms with Gasteiger partial charge < -0.3 is 75.1 Å². The van der Waals surface area contributed by atoms with Crippen LogP contribution in [0.4, 0.5) is 5.69 Å². The number of nitrogen functional groups attached to an aromatic ring is 1. The predicted molar refractivity (Wildman–Crippen MR) is 204 cm³/mol. The molecule has 2 fully saturated rings. The lowest BCUT2D eigenvalue weighted by Crippen LogP contribution is -2.58. The van der Waals surface area contributed by atoms with Gasteiger partial charge in [0, 0.05) is 30.9 Å². The normalized spacial score (nSPS) is 26.5. The van der Waals surface area contributed by atoms with E-state index in [1.165, 1.54) is 18.2 Å². The summed E-state index contributed by atoms with van der Waals surface area (Å²) < 4.78 is 0. The van der Waals surface area contributed by atoms with Crippen LogP contribution in [0.15, 0.2) is 18.2 Å². The van der Waals surface area contributed by atoms with Gasteiger partial charge in [-0.15, -0.1) is 0 Å². The zero-order valence-electron chi connectivity index (χ0n) is 30.6. The SMILES string of the molecule is NC(=O)C[C@@H]1NC(=O)[C@@H]2C[C@@H](O)CN2C(=O)CNC(=O)[C@H](Cc2ccc(O)c(N)c2)NC(=O)CNC(=O)[C@@H](CC(=O)O)NC(=O)[C@H](N)CSSC[C@H](C(N)=O)NC1=O. The number of anilines is 1. The van der Waals surface area contributed by atoms with Gasteiger partial charge >= 0.3 is 5.97 Å². The number of carboxylic acids is 1. The Labute approximate surface area is 337 Å². The molecule has 318 valence electrons. The molecule has 2 heterocycles. The second kappa shape index (κ2) is 21.6. The van der Waals surface area contributed by atoms with Crippen molar-refractivity contribution in [3.63, 3.8) is 0 Å². The number of primary amides is 2.